The van der Waals surface area contributed by atoms with E-state index in [1.807, 2.05) is 32.9 Å². The molecule has 1 aromatic carbocycles. The maximum Gasteiger partial charge on any atom is 0.305 e. The van der Waals surface area contributed by atoms with Gasteiger partial charge in [-0.2, -0.15) is 0 Å². The van der Waals surface area contributed by atoms with Crippen LogP contribution in [0.25, 0.3) is 0 Å². The SMILES string of the molecule is CCC(CC(=O)O)NC(=O)CSc1cc(C)ccc1C. The Labute approximate surface area is 124 Å². The molecule has 2 N–H and O–H groups in total. The standard InChI is InChI=1S/C15H21NO3S/c1-4-12(8-15(18)19)16-14(17)9-20-13-7-10(2)5-6-11(13)3/h5-7,12H,4,8-9H2,1-3H3,(H,16,17)(H,18,19). The number of amides is 1. The quantitative estimate of drug-likeness (QED) is 0.759. The Morgan fingerprint density at radius 2 is 2.05 bits per heavy atom. The normalized spacial score (nSPS) is 11.9. The van der Waals surface area contributed by atoms with Crippen molar-refractivity contribution in [2.75, 3.05) is 5.75 Å². The predicted molar refractivity (Wildman–Crippen MR) is 81.1 cm³/mol. The number of aliphatic carboxylic acids is 1. The molecule has 0 aliphatic heterocycles. The number of aryl methyl sites for hydroxylation is 2. The molecular formula is C15H21NO3S. The molecule has 0 saturated carbocycles. The molecule has 0 aromatic heterocycles. The van der Waals surface area contributed by atoms with Gasteiger partial charge >= 0.3 is 5.97 Å². The summed E-state index contributed by atoms with van der Waals surface area (Å²) >= 11 is 1.48. The highest BCUT2D eigenvalue weighted by Gasteiger charge is 2.14. The molecule has 4 nitrogen and oxygen atoms in total. The highest BCUT2D eigenvalue weighted by atomic mass is 32.2. The summed E-state index contributed by atoms with van der Waals surface area (Å²) in [5.74, 6) is -0.705. The molecule has 1 amide bonds. The number of carboxylic acids is 1. The van der Waals surface area contributed by atoms with Crippen LogP contribution in [0.2, 0.25) is 0 Å². The van der Waals surface area contributed by atoms with Gasteiger partial charge in [0, 0.05) is 10.9 Å². The average molecular weight is 295 g/mol. The number of carbonyl (C=O) groups is 2. The van der Waals surface area contributed by atoms with Crippen LogP contribution in [-0.2, 0) is 9.59 Å². The average Bonchev–Trinajstić information content (AvgIpc) is 2.38. The third-order valence-electron chi connectivity index (χ3n) is 2.98. The lowest BCUT2D eigenvalue weighted by Gasteiger charge is -2.15. The van der Waals surface area contributed by atoms with Crippen molar-refractivity contribution in [3.63, 3.8) is 0 Å². The Morgan fingerprint density at radius 3 is 2.65 bits per heavy atom. The second kappa shape index (κ2) is 7.94. The zero-order chi connectivity index (χ0) is 15.1. The maximum atomic E-state index is 11.8. The largest absolute Gasteiger partial charge is 0.481 e. The van der Waals surface area contributed by atoms with Gasteiger partial charge in [-0.05, 0) is 31.9 Å². The minimum Gasteiger partial charge on any atom is -0.481 e. The molecule has 0 aliphatic rings. The molecule has 0 bridgehead atoms. The Morgan fingerprint density at radius 1 is 1.35 bits per heavy atom. The van der Waals surface area contributed by atoms with Crippen molar-refractivity contribution in [2.45, 2.75) is 44.6 Å². The molecule has 5 heteroatoms. The van der Waals surface area contributed by atoms with Crippen LogP contribution in [0, 0.1) is 13.8 Å². The number of carbonyl (C=O) groups excluding carboxylic acids is 1. The van der Waals surface area contributed by atoms with Crippen molar-refractivity contribution in [3.8, 4) is 0 Å². The van der Waals surface area contributed by atoms with Crippen molar-refractivity contribution in [2.24, 2.45) is 0 Å². The molecule has 0 spiro atoms. The summed E-state index contributed by atoms with van der Waals surface area (Å²) in [6, 6.07) is 5.84. The Hall–Kier alpha value is -1.49. The first-order valence-electron chi connectivity index (χ1n) is 6.63. The minimum absolute atomic E-state index is 0.0314. The van der Waals surface area contributed by atoms with Crippen molar-refractivity contribution in [1.82, 2.24) is 5.32 Å². The molecular weight excluding hydrogens is 274 g/mol. The Bertz CT molecular complexity index is 488. The van der Waals surface area contributed by atoms with E-state index in [1.165, 1.54) is 11.8 Å². The summed E-state index contributed by atoms with van der Waals surface area (Å²) in [5.41, 5.74) is 2.31. The highest BCUT2D eigenvalue weighted by Crippen LogP contribution is 2.23. The number of benzene rings is 1. The molecule has 1 atom stereocenters. The third-order valence-corrected chi connectivity index (χ3v) is 4.14. The van der Waals surface area contributed by atoms with E-state index in [-0.39, 0.29) is 18.4 Å². The minimum atomic E-state index is -0.890. The van der Waals surface area contributed by atoms with Crippen LogP contribution in [0.4, 0.5) is 0 Å². The first-order chi connectivity index (χ1) is 9.42. The van der Waals surface area contributed by atoms with Crippen LogP contribution in [0.1, 0.15) is 30.9 Å². The summed E-state index contributed by atoms with van der Waals surface area (Å²) in [6.45, 7) is 5.90. The zero-order valence-corrected chi connectivity index (χ0v) is 12.9. The molecule has 0 fully saturated rings. The molecule has 110 valence electrons. The zero-order valence-electron chi connectivity index (χ0n) is 12.1. The van der Waals surface area contributed by atoms with Crippen LogP contribution in [0.5, 0.6) is 0 Å². The van der Waals surface area contributed by atoms with Crippen LogP contribution in [0.15, 0.2) is 23.1 Å². The summed E-state index contributed by atoms with van der Waals surface area (Å²) < 4.78 is 0. The van der Waals surface area contributed by atoms with E-state index in [0.29, 0.717) is 12.2 Å². The summed E-state index contributed by atoms with van der Waals surface area (Å²) in [6.07, 6.45) is 0.586. The second-order valence-corrected chi connectivity index (χ2v) is 5.85. The van der Waals surface area contributed by atoms with Gasteiger partial charge in [0.05, 0.1) is 12.2 Å². The monoisotopic (exact) mass is 295 g/mol. The lowest BCUT2D eigenvalue weighted by atomic mass is 10.1. The van der Waals surface area contributed by atoms with Gasteiger partial charge in [0.25, 0.3) is 0 Å². The van der Waals surface area contributed by atoms with Crippen molar-refractivity contribution in [1.29, 1.82) is 0 Å². The van der Waals surface area contributed by atoms with Crippen LogP contribution < -0.4 is 5.32 Å². The van der Waals surface area contributed by atoms with Crippen LogP contribution >= 0.6 is 11.8 Å². The van der Waals surface area contributed by atoms with E-state index < -0.39 is 5.97 Å². The topological polar surface area (TPSA) is 66.4 Å². The van der Waals surface area contributed by atoms with Crippen molar-refractivity contribution in [3.05, 3.63) is 29.3 Å². The van der Waals surface area contributed by atoms with E-state index >= 15 is 0 Å². The Balaban J connectivity index is 2.50. The van der Waals surface area contributed by atoms with E-state index in [1.54, 1.807) is 0 Å². The number of nitrogens with one attached hydrogen (secondary N) is 1. The van der Waals surface area contributed by atoms with Crippen LogP contribution in [-0.4, -0.2) is 28.8 Å². The van der Waals surface area contributed by atoms with Gasteiger partial charge in [-0.3, -0.25) is 9.59 Å². The second-order valence-electron chi connectivity index (χ2n) is 4.83. The van der Waals surface area contributed by atoms with Crippen molar-refractivity contribution >= 4 is 23.6 Å². The number of thioether (sulfide) groups is 1. The predicted octanol–water partition coefficient (Wildman–Crippen LogP) is 2.77. The van der Waals surface area contributed by atoms with Gasteiger partial charge < -0.3 is 10.4 Å². The smallest absolute Gasteiger partial charge is 0.305 e. The molecule has 0 saturated heterocycles. The van der Waals surface area contributed by atoms with Gasteiger partial charge in [-0.25, -0.2) is 0 Å². The van der Waals surface area contributed by atoms with Gasteiger partial charge in [-0.1, -0.05) is 24.6 Å². The fourth-order valence-electron chi connectivity index (χ4n) is 1.78. The van der Waals surface area contributed by atoms with E-state index in [0.717, 1.165) is 16.0 Å². The first-order valence-corrected chi connectivity index (χ1v) is 7.62. The van der Waals surface area contributed by atoms with Crippen LogP contribution in [0.3, 0.4) is 0 Å². The summed E-state index contributed by atoms with van der Waals surface area (Å²) in [7, 11) is 0. The number of hydrogen-bond donors (Lipinski definition) is 2. The number of rotatable bonds is 7. The van der Waals surface area contributed by atoms with E-state index in [2.05, 4.69) is 11.4 Å². The molecule has 0 radical (unpaired) electrons. The highest BCUT2D eigenvalue weighted by molar-refractivity contribution is 8.00. The molecule has 1 aromatic rings. The summed E-state index contributed by atoms with van der Waals surface area (Å²) in [5, 5.41) is 11.5. The lowest BCUT2D eigenvalue weighted by Crippen LogP contribution is -2.37. The molecule has 0 heterocycles. The van der Waals surface area contributed by atoms with E-state index in [4.69, 9.17) is 5.11 Å². The first kappa shape index (κ1) is 16.6. The third kappa shape index (κ3) is 5.65. The number of hydrogen-bond acceptors (Lipinski definition) is 3. The van der Waals surface area contributed by atoms with Gasteiger partial charge in [0.1, 0.15) is 0 Å². The van der Waals surface area contributed by atoms with Gasteiger partial charge in [-0.15, -0.1) is 11.8 Å². The molecule has 0 aliphatic carbocycles. The molecule has 1 rings (SSSR count). The van der Waals surface area contributed by atoms with Gasteiger partial charge in [0.2, 0.25) is 5.91 Å². The molecule has 20 heavy (non-hydrogen) atoms. The maximum absolute atomic E-state index is 11.8. The van der Waals surface area contributed by atoms with Gasteiger partial charge in [0.15, 0.2) is 0 Å². The fraction of sp³-hybridized carbons (Fsp3) is 0.467. The molecule has 1 unspecified atom stereocenters. The fourth-order valence-corrected chi connectivity index (χ4v) is 2.72. The van der Waals surface area contributed by atoms with Crippen molar-refractivity contribution < 1.29 is 14.7 Å². The number of carboxylic acid groups (broad SMARTS) is 1. The Kier molecular flexibility index (Phi) is 6.58. The van der Waals surface area contributed by atoms with E-state index in [9.17, 15) is 9.59 Å². The lowest BCUT2D eigenvalue weighted by molar-refractivity contribution is -0.137. The summed E-state index contributed by atoms with van der Waals surface area (Å²) in [4.78, 5) is 23.6.